The first kappa shape index (κ1) is 20.6. The number of ether oxygens (including phenoxy) is 1. The zero-order valence-electron chi connectivity index (χ0n) is 15.3. The smallest absolute Gasteiger partial charge is 0.416 e. The highest BCUT2D eigenvalue weighted by Gasteiger charge is 2.30. The molecule has 1 aromatic heterocycles. The summed E-state index contributed by atoms with van der Waals surface area (Å²) in [6.07, 6.45) is -4.52. The number of tetrazole rings is 1. The van der Waals surface area contributed by atoms with Gasteiger partial charge in [-0.05, 0) is 59.8 Å². The van der Waals surface area contributed by atoms with E-state index in [0.717, 1.165) is 24.3 Å². The molecule has 0 saturated heterocycles. The molecule has 0 unspecified atom stereocenters. The molecule has 29 heavy (non-hydrogen) atoms. The van der Waals surface area contributed by atoms with E-state index in [1.165, 1.54) is 23.9 Å². The first-order chi connectivity index (χ1) is 13.7. The van der Waals surface area contributed by atoms with Crippen LogP contribution in [0.15, 0.2) is 47.4 Å². The molecule has 0 fully saturated rings. The number of anilines is 1. The van der Waals surface area contributed by atoms with Crippen molar-refractivity contribution >= 4 is 15.7 Å². The molecule has 3 rings (SSSR count). The highest BCUT2D eigenvalue weighted by molar-refractivity contribution is 7.92. The van der Waals surface area contributed by atoms with Gasteiger partial charge in [0.2, 0.25) is 0 Å². The van der Waals surface area contributed by atoms with Crippen molar-refractivity contribution in [3.8, 4) is 17.1 Å². The van der Waals surface area contributed by atoms with Crippen LogP contribution in [0.4, 0.5) is 18.9 Å². The normalized spacial score (nSPS) is 12.0. The lowest BCUT2D eigenvalue weighted by Crippen LogP contribution is -2.15. The van der Waals surface area contributed by atoms with Crippen molar-refractivity contribution in [3.05, 3.63) is 48.0 Å². The number of hydrogen-bond acceptors (Lipinski definition) is 6. The summed E-state index contributed by atoms with van der Waals surface area (Å²) in [5.74, 6) is 0.421. The standard InChI is InChI=1S/C17H16F3N5O3S/c1-3-25-16(21-23-24-25)11-4-9-14(28-2)15(10-11)29(26,27)22-13-7-5-12(6-8-13)17(18,19)20/h4-10,22H,3H2,1-2H3. The third kappa shape index (κ3) is 4.31. The summed E-state index contributed by atoms with van der Waals surface area (Å²) in [5.41, 5.74) is -0.472. The molecule has 0 aliphatic carbocycles. The molecule has 0 amide bonds. The number of benzene rings is 2. The second-order valence-electron chi connectivity index (χ2n) is 5.86. The predicted molar refractivity (Wildman–Crippen MR) is 97.7 cm³/mol. The lowest BCUT2D eigenvalue weighted by Gasteiger charge is -2.14. The number of nitrogens with zero attached hydrogens (tertiary/aromatic N) is 4. The summed E-state index contributed by atoms with van der Waals surface area (Å²) < 4.78 is 72.7. The monoisotopic (exact) mass is 427 g/mol. The zero-order chi connectivity index (χ0) is 21.2. The average molecular weight is 427 g/mol. The maximum absolute atomic E-state index is 12.9. The number of halogens is 3. The minimum Gasteiger partial charge on any atom is -0.495 e. The van der Waals surface area contributed by atoms with Gasteiger partial charge in [-0.2, -0.15) is 13.2 Å². The van der Waals surface area contributed by atoms with Gasteiger partial charge >= 0.3 is 6.18 Å². The van der Waals surface area contributed by atoms with Crippen LogP contribution in [0.3, 0.4) is 0 Å². The largest absolute Gasteiger partial charge is 0.495 e. The summed E-state index contributed by atoms with van der Waals surface area (Å²) in [6.45, 7) is 2.30. The topological polar surface area (TPSA) is 99.0 Å². The van der Waals surface area contributed by atoms with Crippen LogP contribution in [-0.2, 0) is 22.7 Å². The van der Waals surface area contributed by atoms with Crippen molar-refractivity contribution in [1.29, 1.82) is 0 Å². The summed E-state index contributed by atoms with van der Waals surface area (Å²) in [7, 11) is -2.86. The van der Waals surface area contributed by atoms with Crippen LogP contribution >= 0.6 is 0 Å². The summed E-state index contributed by atoms with van der Waals surface area (Å²) in [6, 6.07) is 8.05. The van der Waals surface area contributed by atoms with Crippen LogP contribution in [-0.4, -0.2) is 35.7 Å². The van der Waals surface area contributed by atoms with Gasteiger partial charge in [0.1, 0.15) is 10.6 Å². The molecule has 154 valence electrons. The Morgan fingerprint density at radius 3 is 2.41 bits per heavy atom. The minimum atomic E-state index is -4.52. The van der Waals surface area contributed by atoms with Gasteiger partial charge < -0.3 is 4.74 Å². The van der Waals surface area contributed by atoms with Gasteiger partial charge in [-0.15, -0.1) is 5.10 Å². The molecule has 3 aromatic rings. The molecular weight excluding hydrogens is 411 g/mol. The molecule has 0 aliphatic rings. The molecule has 0 saturated carbocycles. The second-order valence-corrected chi connectivity index (χ2v) is 7.52. The summed E-state index contributed by atoms with van der Waals surface area (Å²) in [5, 5.41) is 11.3. The molecule has 0 aliphatic heterocycles. The lowest BCUT2D eigenvalue weighted by molar-refractivity contribution is -0.137. The van der Waals surface area contributed by atoms with E-state index in [2.05, 4.69) is 20.2 Å². The number of methoxy groups -OCH3 is 1. The number of sulfonamides is 1. The second kappa shape index (κ2) is 7.70. The Morgan fingerprint density at radius 2 is 1.83 bits per heavy atom. The van der Waals surface area contributed by atoms with Crippen LogP contribution in [0.25, 0.3) is 11.4 Å². The van der Waals surface area contributed by atoms with E-state index < -0.39 is 21.8 Å². The Kier molecular flexibility index (Phi) is 5.46. The van der Waals surface area contributed by atoms with Gasteiger partial charge in [-0.25, -0.2) is 13.1 Å². The van der Waals surface area contributed by atoms with Crippen molar-refractivity contribution in [1.82, 2.24) is 20.2 Å². The van der Waals surface area contributed by atoms with Gasteiger partial charge in [-0.1, -0.05) is 0 Å². The Hall–Kier alpha value is -3.15. The van der Waals surface area contributed by atoms with Crippen LogP contribution in [0, 0.1) is 0 Å². The van der Waals surface area contributed by atoms with Gasteiger partial charge in [0.25, 0.3) is 10.0 Å². The van der Waals surface area contributed by atoms with Gasteiger partial charge in [-0.3, -0.25) is 4.72 Å². The van der Waals surface area contributed by atoms with Crippen molar-refractivity contribution in [3.63, 3.8) is 0 Å². The lowest BCUT2D eigenvalue weighted by atomic mass is 10.2. The van der Waals surface area contributed by atoms with E-state index in [4.69, 9.17) is 4.74 Å². The molecule has 0 radical (unpaired) electrons. The predicted octanol–water partition coefficient (Wildman–Crippen LogP) is 3.19. The number of nitrogens with one attached hydrogen (secondary N) is 1. The third-order valence-electron chi connectivity index (χ3n) is 4.01. The number of aryl methyl sites for hydroxylation is 1. The van der Waals surface area contributed by atoms with Crippen LogP contribution in [0.2, 0.25) is 0 Å². The molecular formula is C17H16F3N5O3S. The minimum absolute atomic E-state index is 0.0242. The molecule has 0 spiro atoms. The quantitative estimate of drug-likeness (QED) is 0.649. The fourth-order valence-corrected chi connectivity index (χ4v) is 3.84. The van der Waals surface area contributed by atoms with E-state index in [1.54, 1.807) is 6.07 Å². The number of rotatable bonds is 6. The molecule has 0 bridgehead atoms. The molecule has 12 heteroatoms. The Morgan fingerprint density at radius 1 is 1.14 bits per heavy atom. The Balaban J connectivity index is 1.98. The first-order valence-corrected chi connectivity index (χ1v) is 9.78. The van der Waals surface area contributed by atoms with E-state index >= 15 is 0 Å². The number of alkyl halides is 3. The van der Waals surface area contributed by atoms with E-state index in [9.17, 15) is 21.6 Å². The SMILES string of the molecule is CCn1nnnc1-c1ccc(OC)c(S(=O)(=O)Nc2ccc(C(F)(F)F)cc2)c1. The van der Waals surface area contributed by atoms with E-state index in [-0.39, 0.29) is 16.3 Å². The highest BCUT2D eigenvalue weighted by atomic mass is 32.2. The fraction of sp³-hybridized carbons (Fsp3) is 0.235. The molecule has 1 heterocycles. The molecule has 0 atom stereocenters. The molecule has 1 N–H and O–H groups in total. The van der Waals surface area contributed by atoms with Crippen LogP contribution < -0.4 is 9.46 Å². The molecule has 2 aromatic carbocycles. The van der Waals surface area contributed by atoms with Gasteiger partial charge in [0.05, 0.1) is 12.7 Å². The highest BCUT2D eigenvalue weighted by Crippen LogP contribution is 2.32. The summed E-state index contributed by atoms with van der Waals surface area (Å²) in [4.78, 5) is -0.206. The fourth-order valence-electron chi connectivity index (χ4n) is 2.59. The first-order valence-electron chi connectivity index (χ1n) is 8.30. The summed E-state index contributed by atoms with van der Waals surface area (Å²) >= 11 is 0. The Bertz CT molecular complexity index is 1110. The van der Waals surface area contributed by atoms with Crippen molar-refractivity contribution in [2.75, 3.05) is 11.8 Å². The maximum Gasteiger partial charge on any atom is 0.416 e. The van der Waals surface area contributed by atoms with Crippen molar-refractivity contribution in [2.24, 2.45) is 0 Å². The zero-order valence-corrected chi connectivity index (χ0v) is 16.1. The van der Waals surface area contributed by atoms with Crippen molar-refractivity contribution in [2.45, 2.75) is 24.5 Å². The number of hydrogen-bond donors (Lipinski definition) is 1. The van der Waals surface area contributed by atoms with E-state index in [1.807, 2.05) is 6.92 Å². The molecule has 8 nitrogen and oxygen atoms in total. The van der Waals surface area contributed by atoms with Gasteiger partial charge in [0, 0.05) is 17.8 Å². The third-order valence-corrected chi connectivity index (χ3v) is 5.41. The van der Waals surface area contributed by atoms with Crippen molar-refractivity contribution < 1.29 is 26.3 Å². The van der Waals surface area contributed by atoms with Crippen LogP contribution in [0.5, 0.6) is 5.75 Å². The average Bonchev–Trinajstić information content (AvgIpc) is 3.15. The van der Waals surface area contributed by atoms with E-state index in [0.29, 0.717) is 17.9 Å². The van der Waals surface area contributed by atoms with Gasteiger partial charge in [0.15, 0.2) is 5.82 Å². The maximum atomic E-state index is 12.9. The Labute approximate surface area is 164 Å². The van der Waals surface area contributed by atoms with Crippen LogP contribution in [0.1, 0.15) is 12.5 Å². The number of aromatic nitrogens is 4.